The summed E-state index contributed by atoms with van der Waals surface area (Å²) in [5, 5.41) is 9.08. The number of halogens is 2. The number of carboxylic acid groups (broad SMARTS) is 1. The van der Waals surface area contributed by atoms with Crippen LogP contribution in [0.15, 0.2) is 30.5 Å². The van der Waals surface area contributed by atoms with Crippen LogP contribution in [-0.2, 0) is 0 Å². The Hall–Kier alpha value is -1.37. The van der Waals surface area contributed by atoms with Crippen molar-refractivity contribution in [3.05, 3.63) is 51.1 Å². The Balaban J connectivity index is 2.67. The van der Waals surface area contributed by atoms with Gasteiger partial charge in [0.05, 0.1) is 5.69 Å². The average Bonchev–Trinajstić information content (AvgIpc) is 2.64. The monoisotopic (exact) mass is 345 g/mol. The summed E-state index contributed by atoms with van der Waals surface area (Å²) in [6.45, 7) is 1.81. The van der Waals surface area contributed by atoms with Gasteiger partial charge in [-0.1, -0.05) is 6.07 Å². The van der Waals surface area contributed by atoms with Gasteiger partial charge in [0, 0.05) is 9.77 Å². The topological polar surface area (TPSA) is 42.2 Å². The van der Waals surface area contributed by atoms with Crippen molar-refractivity contribution in [2.75, 3.05) is 0 Å². The van der Waals surface area contributed by atoms with Gasteiger partial charge in [-0.2, -0.15) is 0 Å². The number of aryl methyl sites for hydroxylation is 1. The second kappa shape index (κ2) is 4.48. The van der Waals surface area contributed by atoms with Crippen LogP contribution >= 0.6 is 22.6 Å². The number of nitrogens with zero attached hydrogens (tertiary/aromatic N) is 1. The molecule has 0 bridgehead atoms. The van der Waals surface area contributed by atoms with E-state index in [2.05, 4.69) is 0 Å². The fraction of sp³-hybridized carbons (Fsp3) is 0.0833. The molecule has 17 heavy (non-hydrogen) atoms. The molecule has 1 aromatic carbocycles. The lowest BCUT2D eigenvalue weighted by Crippen LogP contribution is -2.07. The van der Waals surface area contributed by atoms with Crippen molar-refractivity contribution in [3.8, 4) is 5.69 Å². The summed E-state index contributed by atoms with van der Waals surface area (Å²) in [5.74, 6) is -1.41. The Bertz CT molecular complexity index is 592. The minimum atomic E-state index is -1.03. The number of rotatable bonds is 2. The smallest absolute Gasteiger partial charge is 0.352 e. The fourth-order valence-electron chi connectivity index (χ4n) is 1.64. The lowest BCUT2D eigenvalue weighted by molar-refractivity contribution is 0.0688. The van der Waals surface area contributed by atoms with Crippen molar-refractivity contribution >= 4 is 28.6 Å². The number of hydrogen-bond acceptors (Lipinski definition) is 1. The molecule has 0 saturated carbocycles. The van der Waals surface area contributed by atoms with Crippen molar-refractivity contribution in [2.45, 2.75) is 6.92 Å². The van der Waals surface area contributed by atoms with E-state index in [-0.39, 0.29) is 11.5 Å². The number of carbonyl (C=O) groups is 1. The maximum absolute atomic E-state index is 13.2. The highest BCUT2D eigenvalue weighted by molar-refractivity contribution is 14.1. The predicted octanol–water partition coefficient (Wildman–Crippen LogP) is 3.23. The molecule has 1 N–H and O–H groups in total. The number of hydrogen-bond donors (Lipinski definition) is 1. The first-order valence-electron chi connectivity index (χ1n) is 4.87. The lowest BCUT2D eigenvalue weighted by Gasteiger charge is -2.09. The highest BCUT2D eigenvalue weighted by Gasteiger charge is 2.14. The number of benzene rings is 1. The molecule has 1 heterocycles. The Morgan fingerprint density at radius 1 is 1.41 bits per heavy atom. The van der Waals surface area contributed by atoms with Gasteiger partial charge >= 0.3 is 5.97 Å². The zero-order valence-corrected chi connectivity index (χ0v) is 11.1. The quantitative estimate of drug-likeness (QED) is 0.850. The van der Waals surface area contributed by atoms with E-state index in [9.17, 15) is 9.18 Å². The molecule has 2 rings (SSSR count). The van der Waals surface area contributed by atoms with Crippen molar-refractivity contribution in [1.29, 1.82) is 0 Å². The molecule has 1 aromatic heterocycles. The van der Waals surface area contributed by atoms with Crippen LogP contribution in [0.25, 0.3) is 5.69 Å². The molecule has 0 unspecified atom stereocenters. The number of aromatic nitrogens is 1. The number of carboxylic acids is 1. The van der Waals surface area contributed by atoms with E-state index >= 15 is 0 Å². The van der Waals surface area contributed by atoms with Crippen molar-refractivity contribution in [2.24, 2.45) is 0 Å². The van der Waals surface area contributed by atoms with Crippen molar-refractivity contribution in [3.63, 3.8) is 0 Å². The summed E-state index contributed by atoms with van der Waals surface area (Å²) < 4.78 is 15.5. The summed E-state index contributed by atoms with van der Waals surface area (Å²) in [5.41, 5.74) is 1.49. The predicted molar refractivity (Wildman–Crippen MR) is 70.1 cm³/mol. The van der Waals surface area contributed by atoms with Gasteiger partial charge in [-0.25, -0.2) is 9.18 Å². The zero-order chi connectivity index (χ0) is 12.6. The molecule has 0 aliphatic rings. The second-order valence-electron chi connectivity index (χ2n) is 3.65. The highest BCUT2D eigenvalue weighted by Crippen LogP contribution is 2.21. The van der Waals surface area contributed by atoms with Gasteiger partial charge in [0.2, 0.25) is 0 Å². The van der Waals surface area contributed by atoms with E-state index < -0.39 is 5.97 Å². The van der Waals surface area contributed by atoms with Crippen LogP contribution in [0.5, 0.6) is 0 Å². The molecule has 0 aliphatic carbocycles. The summed E-state index contributed by atoms with van der Waals surface area (Å²) in [4.78, 5) is 11.1. The molecule has 0 spiro atoms. The fourth-order valence-corrected chi connectivity index (χ4v) is 2.21. The first kappa shape index (κ1) is 12.1. The van der Waals surface area contributed by atoms with Crippen LogP contribution < -0.4 is 0 Å². The Morgan fingerprint density at radius 3 is 2.76 bits per heavy atom. The van der Waals surface area contributed by atoms with Gasteiger partial charge in [0.25, 0.3) is 0 Å². The van der Waals surface area contributed by atoms with E-state index in [1.54, 1.807) is 18.3 Å². The zero-order valence-electron chi connectivity index (χ0n) is 8.95. The van der Waals surface area contributed by atoms with Gasteiger partial charge in [-0.05, 0) is 53.3 Å². The lowest BCUT2D eigenvalue weighted by atomic mass is 10.2. The molecule has 2 aromatic rings. The molecule has 0 aliphatic heterocycles. The summed E-state index contributed by atoms with van der Waals surface area (Å²) in [6, 6.07) is 5.86. The van der Waals surface area contributed by atoms with E-state index in [0.717, 1.165) is 9.13 Å². The Labute approximate surface area is 111 Å². The molecule has 88 valence electrons. The van der Waals surface area contributed by atoms with Gasteiger partial charge < -0.3 is 9.67 Å². The van der Waals surface area contributed by atoms with Crippen LogP contribution in [0.4, 0.5) is 4.39 Å². The third-order valence-electron chi connectivity index (χ3n) is 2.44. The largest absolute Gasteiger partial charge is 0.477 e. The minimum absolute atomic E-state index is 0.128. The summed E-state index contributed by atoms with van der Waals surface area (Å²) >= 11 is 2.03. The van der Waals surface area contributed by atoms with Gasteiger partial charge in [0.1, 0.15) is 11.5 Å². The molecular formula is C12H9FINO2. The van der Waals surface area contributed by atoms with Gasteiger partial charge in [-0.3, -0.25) is 0 Å². The second-order valence-corrected chi connectivity index (χ2v) is 4.90. The van der Waals surface area contributed by atoms with Crippen molar-refractivity contribution in [1.82, 2.24) is 4.57 Å². The first-order chi connectivity index (χ1) is 7.99. The SMILES string of the molecule is Cc1ccc(F)cc1-n1cc(I)cc1C(=O)O. The molecule has 0 radical (unpaired) electrons. The first-order valence-corrected chi connectivity index (χ1v) is 5.94. The Kier molecular flexibility index (Phi) is 3.19. The van der Waals surface area contributed by atoms with Crippen LogP contribution in [0, 0.1) is 16.3 Å². The number of aromatic carboxylic acids is 1. The normalized spacial score (nSPS) is 10.5. The molecule has 3 nitrogen and oxygen atoms in total. The van der Waals surface area contributed by atoms with Gasteiger partial charge in [0.15, 0.2) is 0 Å². The maximum atomic E-state index is 13.2. The molecular weight excluding hydrogens is 336 g/mol. The van der Waals surface area contributed by atoms with Crippen LogP contribution in [0.2, 0.25) is 0 Å². The van der Waals surface area contributed by atoms with E-state index in [0.29, 0.717) is 5.69 Å². The van der Waals surface area contributed by atoms with Gasteiger partial charge in [-0.15, -0.1) is 0 Å². The van der Waals surface area contributed by atoms with E-state index in [1.165, 1.54) is 16.7 Å². The molecule has 0 saturated heterocycles. The van der Waals surface area contributed by atoms with Crippen molar-refractivity contribution < 1.29 is 14.3 Å². The maximum Gasteiger partial charge on any atom is 0.352 e. The van der Waals surface area contributed by atoms with Crippen LogP contribution in [0.1, 0.15) is 16.1 Å². The Morgan fingerprint density at radius 2 is 2.12 bits per heavy atom. The average molecular weight is 345 g/mol. The molecule has 0 atom stereocenters. The third-order valence-corrected chi connectivity index (χ3v) is 3.03. The van der Waals surface area contributed by atoms with E-state index in [1.807, 2.05) is 29.5 Å². The molecule has 5 heteroatoms. The van der Waals surface area contributed by atoms with E-state index in [4.69, 9.17) is 5.11 Å². The minimum Gasteiger partial charge on any atom is -0.477 e. The van der Waals surface area contributed by atoms with Crippen LogP contribution in [-0.4, -0.2) is 15.6 Å². The molecule has 0 fully saturated rings. The third kappa shape index (κ3) is 2.33. The summed E-state index contributed by atoms with van der Waals surface area (Å²) in [7, 11) is 0. The highest BCUT2D eigenvalue weighted by atomic mass is 127. The van der Waals surface area contributed by atoms with Crippen LogP contribution in [0.3, 0.4) is 0 Å². The molecule has 0 amide bonds. The standard InChI is InChI=1S/C12H9FINO2/c1-7-2-3-8(13)4-10(7)15-6-9(14)5-11(15)12(16)17/h2-6H,1H3,(H,16,17). The summed E-state index contributed by atoms with van der Waals surface area (Å²) in [6.07, 6.45) is 1.67.